The van der Waals surface area contributed by atoms with Crippen molar-refractivity contribution in [3.8, 4) is 0 Å². The molecule has 0 spiro atoms. The number of halogens is 1. The summed E-state index contributed by atoms with van der Waals surface area (Å²) in [5.74, 6) is 1.87. The fraction of sp³-hybridized carbons (Fsp3) is 0.923. The molecule has 6 heteroatoms. The number of hydrogen-bond acceptors (Lipinski definition) is 4. The molecule has 2 heterocycles. The van der Waals surface area contributed by atoms with Gasteiger partial charge in [0.15, 0.2) is 0 Å². The predicted molar refractivity (Wildman–Crippen MR) is 82.2 cm³/mol. The Morgan fingerprint density at radius 1 is 1.26 bits per heavy atom. The first-order valence-electron chi connectivity index (χ1n) is 7.04. The molecular weight excluding hydrogens is 284 g/mol. The van der Waals surface area contributed by atoms with E-state index in [1.54, 1.807) is 11.8 Å². The van der Waals surface area contributed by atoms with Crippen molar-refractivity contribution in [2.75, 3.05) is 44.3 Å². The fourth-order valence-electron chi connectivity index (χ4n) is 2.40. The lowest BCUT2D eigenvalue weighted by Crippen LogP contribution is -2.35. The molecule has 2 saturated heterocycles. The van der Waals surface area contributed by atoms with Crippen molar-refractivity contribution in [1.82, 2.24) is 10.2 Å². The number of amides is 1. The van der Waals surface area contributed by atoms with Gasteiger partial charge in [-0.3, -0.25) is 4.79 Å². The van der Waals surface area contributed by atoms with Crippen LogP contribution in [0.5, 0.6) is 0 Å². The van der Waals surface area contributed by atoms with Gasteiger partial charge in [-0.1, -0.05) is 0 Å². The third-order valence-corrected chi connectivity index (χ3v) is 4.55. The third kappa shape index (κ3) is 6.34. The Morgan fingerprint density at radius 2 is 2.16 bits per heavy atom. The molecule has 4 nitrogen and oxygen atoms in total. The molecule has 2 aliphatic rings. The molecule has 0 aromatic carbocycles. The molecule has 0 aliphatic carbocycles. The molecule has 0 aromatic rings. The van der Waals surface area contributed by atoms with Crippen molar-refractivity contribution in [3.05, 3.63) is 0 Å². The van der Waals surface area contributed by atoms with Crippen LogP contribution in [0, 0.1) is 0 Å². The van der Waals surface area contributed by atoms with Gasteiger partial charge < -0.3 is 15.0 Å². The summed E-state index contributed by atoms with van der Waals surface area (Å²) >= 11 is 1.73. The Balaban J connectivity index is 0.00000180. The van der Waals surface area contributed by atoms with E-state index in [-0.39, 0.29) is 12.4 Å². The van der Waals surface area contributed by atoms with Gasteiger partial charge in [-0.2, -0.15) is 0 Å². The summed E-state index contributed by atoms with van der Waals surface area (Å²) in [6.45, 7) is 4.64. The number of thioether (sulfide) groups is 1. The second kappa shape index (κ2) is 9.86. The van der Waals surface area contributed by atoms with Crippen LogP contribution in [-0.2, 0) is 9.53 Å². The van der Waals surface area contributed by atoms with Gasteiger partial charge in [0.1, 0.15) is 0 Å². The second-order valence-electron chi connectivity index (χ2n) is 4.99. The van der Waals surface area contributed by atoms with E-state index < -0.39 is 0 Å². The van der Waals surface area contributed by atoms with Gasteiger partial charge in [-0.05, 0) is 32.2 Å². The lowest BCUT2D eigenvalue weighted by molar-refractivity contribution is -0.128. The summed E-state index contributed by atoms with van der Waals surface area (Å²) in [5.41, 5.74) is 0. The van der Waals surface area contributed by atoms with Crippen molar-refractivity contribution in [2.45, 2.75) is 31.8 Å². The summed E-state index contributed by atoms with van der Waals surface area (Å²) in [5, 5.41) is 3.32. The highest BCUT2D eigenvalue weighted by molar-refractivity contribution is 7.99. The molecule has 1 N–H and O–H groups in total. The molecule has 1 atom stereocenters. The van der Waals surface area contributed by atoms with Gasteiger partial charge in [0.25, 0.3) is 0 Å². The second-order valence-corrected chi connectivity index (χ2v) is 6.02. The first-order valence-corrected chi connectivity index (χ1v) is 8.19. The normalized spacial score (nSPS) is 24.4. The summed E-state index contributed by atoms with van der Waals surface area (Å²) in [4.78, 5) is 14.0. The average molecular weight is 309 g/mol. The number of nitrogens with zero attached hydrogens (tertiary/aromatic N) is 1. The Hall–Kier alpha value is 0.0300. The van der Waals surface area contributed by atoms with Gasteiger partial charge in [-0.15, -0.1) is 24.2 Å². The molecule has 0 bridgehead atoms. The van der Waals surface area contributed by atoms with Crippen LogP contribution in [0.1, 0.15) is 25.7 Å². The van der Waals surface area contributed by atoms with E-state index in [1.807, 2.05) is 4.90 Å². The van der Waals surface area contributed by atoms with Crippen molar-refractivity contribution in [3.63, 3.8) is 0 Å². The fourth-order valence-corrected chi connectivity index (χ4v) is 3.40. The van der Waals surface area contributed by atoms with Crippen LogP contribution in [0.2, 0.25) is 0 Å². The Bertz CT molecular complexity index is 255. The zero-order valence-electron chi connectivity index (χ0n) is 11.4. The minimum Gasteiger partial charge on any atom is -0.377 e. The Morgan fingerprint density at radius 3 is 2.95 bits per heavy atom. The highest BCUT2D eigenvalue weighted by Gasteiger charge is 2.17. The van der Waals surface area contributed by atoms with Crippen molar-refractivity contribution >= 4 is 30.1 Å². The van der Waals surface area contributed by atoms with E-state index in [1.165, 1.54) is 12.8 Å². The number of rotatable bonds is 4. The van der Waals surface area contributed by atoms with E-state index in [0.717, 1.165) is 51.4 Å². The maximum atomic E-state index is 12.0. The van der Waals surface area contributed by atoms with E-state index in [0.29, 0.717) is 17.8 Å². The van der Waals surface area contributed by atoms with Gasteiger partial charge in [0.2, 0.25) is 5.91 Å². The van der Waals surface area contributed by atoms with E-state index in [9.17, 15) is 4.79 Å². The first kappa shape index (κ1) is 17.1. The zero-order chi connectivity index (χ0) is 12.6. The molecule has 0 radical (unpaired) electrons. The third-order valence-electron chi connectivity index (χ3n) is 3.50. The van der Waals surface area contributed by atoms with Crippen LogP contribution in [0.15, 0.2) is 0 Å². The molecule has 0 saturated carbocycles. The number of carbonyl (C=O) groups is 1. The largest absolute Gasteiger partial charge is 0.377 e. The summed E-state index contributed by atoms with van der Waals surface area (Å²) in [6, 6.07) is 0. The quantitative estimate of drug-likeness (QED) is 0.855. The van der Waals surface area contributed by atoms with Crippen LogP contribution < -0.4 is 5.32 Å². The molecule has 2 fully saturated rings. The lowest BCUT2D eigenvalue weighted by Gasteiger charge is -2.23. The molecule has 2 aliphatic heterocycles. The SMILES string of the molecule is Cl.O=C(CSCC1CCCCO1)N1CCCNCC1. The number of hydrogen-bond donors (Lipinski definition) is 1. The summed E-state index contributed by atoms with van der Waals surface area (Å²) in [7, 11) is 0. The number of ether oxygens (including phenoxy) is 1. The summed E-state index contributed by atoms with van der Waals surface area (Å²) in [6.07, 6.45) is 5.08. The van der Waals surface area contributed by atoms with Crippen LogP contribution in [0.25, 0.3) is 0 Å². The standard InChI is InChI=1S/C13H24N2O2S.ClH/c16-13(15-7-3-5-14-6-8-15)11-18-10-12-4-1-2-9-17-12;/h12,14H,1-11H2;1H. The monoisotopic (exact) mass is 308 g/mol. The van der Waals surface area contributed by atoms with Crippen LogP contribution in [-0.4, -0.2) is 61.2 Å². The topological polar surface area (TPSA) is 41.6 Å². The smallest absolute Gasteiger partial charge is 0.232 e. The van der Waals surface area contributed by atoms with E-state index >= 15 is 0 Å². The van der Waals surface area contributed by atoms with Gasteiger partial charge in [0, 0.05) is 32.0 Å². The van der Waals surface area contributed by atoms with Crippen LogP contribution in [0.4, 0.5) is 0 Å². The molecule has 2 rings (SSSR count). The number of nitrogens with one attached hydrogen (secondary N) is 1. The molecular formula is C13H25ClN2O2S. The van der Waals surface area contributed by atoms with Crippen molar-refractivity contribution in [1.29, 1.82) is 0 Å². The van der Waals surface area contributed by atoms with Gasteiger partial charge in [-0.25, -0.2) is 0 Å². The Labute approximate surface area is 126 Å². The maximum absolute atomic E-state index is 12.0. The van der Waals surface area contributed by atoms with Crippen LogP contribution in [0.3, 0.4) is 0 Å². The van der Waals surface area contributed by atoms with Crippen molar-refractivity contribution in [2.24, 2.45) is 0 Å². The molecule has 0 aromatic heterocycles. The maximum Gasteiger partial charge on any atom is 0.232 e. The lowest BCUT2D eigenvalue weighted by atomic mass is 10.1. The van der Waals surface area contributed by atoms with Crippen LogP contribution >= 0.6 is 24.2 Å². The zero-order valence-corrected chi connectivity index (χ0v) is 13.1. The minimum atomic E-state index is 0. The molecule has 112 valence electrons. The minimum absolute atomic E-state index is 0. The van der Waals surface area contributed by atoms with Gasteiger partial charge in [0.05, 0.1) is 11.9 Å². The Kier molecular flexibility index (Phi) is 8.86. The molecule has 19 heavy (non-hydrogen) atoms. The van der Waals surface area contributed by atoms with E-state index in [4.69, 9.17) is 4.74 Å². The molecule has 1 unspecified atom stereocenters. The summed E-state index contributed by atoms with van der Waals surface area (Å²) < 4.78 is 5.67. The van der Waals surface area contributed by atoms with Gasteiger partial charge >= 0.3 is 0 Å². The first-order chi connectivity index (χ1) is 8.86. The predicted octanol–water partition coefficient (Wildman–Crippen LogP) is 1.53. The highest BCUT2D eigenvalue weighted by atomic mass is 35.5. The average Bonchev–Trinajstić information content (AvgIpc) is 2.69. The van der Waals surface area contributed by atoms with E-state index in [2.05, 4.69) is 5.32 Å². The highest BCUT2D eigenvalue weighted by Crippen LogP contribution is 2.17. The number of carbonyl (C=O) groups excluding carboxylic acids is 1. The molecule has 1 amide bonds. The van der Waals surface area contributed by atoms with Crippen molar-refractivity contribution < 1.29 is 9.53 Å².